The highest BCUT2D eigenvalue weighted by Gasteiger charge is 2.18. The van der Waals surface area contributed by atoms with Crippen LogP contribution in [0.4, 0.5) is 0 Å². The van der Waals surface area contributed by atoms with Gasteiger partial charge in [-0.1, -0.05) is 27.2 Å². The van der Waals surface area contributed by atoms with E-state index in [0.717, 1.165) is 5.56 Å². The Morgan fingerprint density at radius 3 is 2.19 bits per heavy atom. The van der Waals surface area contributed by atoms with E-state index >= 15 is 0 Å². The van der Waals surface area contributed by atoms with Crippen molar-refractivity contribution in [2.45, 2.75) is 11.8 Å². The van der Waals surface area contributed by atoms with Gasteiger partial charge in [-0.2, -0.15) is 8.42 Å². The van der Waals surface area contributed by atoms with E-state index in [0.29, 0.717) is 5.56 Å². The zero-order valence-electron chi connectivity index (χ0n) is 11.6. The number of sulfonamides is 1. The summed E-state index contributed by atoms with van der Waals surface area (Å²) >= 11 is 0. The summed E-state index contributed by atoms with van der Waals surface area (Å²) in [5, 5.41) is 0. The number of rotatable bonds is 4. The lowest BCUT2D eigenvalue weighted by molar-refractivity contribution is -0.636. The lowest BCUT2D eigenvalue weighted by atomic mass is 10.2. The number of aromatic nitrogens is 1. The van der Waals surface area contributed by atoms with Gasteiger partial charge in [-0.05, 0) is 19.1 Å². The lowest BCUT2D eigenvalue weighted by Gasteiger charge is -2.04. The third-order valence-corrected chi connectivity index (χ3v) is 4.15. The number of methoxy groups -OCH3 is 1. The molecule has 110 valence electrons. The molecular weight excluding hydrogens is 292 g/mol. The first kappa shape index (κ1) is 15.0. The summed E-state index contributed by atoms with van der Waals surface area (Å²) in [4.78, 5) is 13.8. The number of pyridine rings is 1. The Morgan fingerprint density at radius 2 is 1.67 bits per heavy atom. The summed E-state index contributed by atoms with van der Waals surface area (Å²) in [5.74, 6) is -0.483. The van der Waals surface area contributed by atoms with Gasteiger partial charge in [0.15, 0.2) is 0 Å². The molecule has 1 heterocycles. The fourth-order valence-corrected chi connectivity index (χ4v) is 2.65. The van der Waals surface area contributed by atoms with Crippen molar-refractivity contribution in [2.24, 2.45) is 0 Å². The molecule has 7 heteroatoms. The van der Waals surface area contributed by atoms with E-state index in [2.05, 4.69) is 9.57 Å². The van der Waals surface area contributed by atoms with E-state index in [-0.39, 0.29) is 4.90 Å². The van der Waals surface area contributed by atoms with Gasteiger partial charge < -0.3 is 4.74 Å². The summed E-state index contributed by atoms with van der Waals surface area (Å²) in [7, 11) is -2.39. The molecule has 0 spiro atoms. The first-order valence-corrected chi connectivity index (χ1v) is 7.60. The summed E-state index contributed by atoms with van der Waals surface area (Å²) in [5.41, 5.74) is 1.31. The molecule has 0 bridgehead atoms. The maximum Gasteiger partial charge on any atom is 0.338 e. The van der Waals surface area contributed by atoms with Gasteiger partial charge in [-0.25, -0.2) is 4.79 Å². The number of carbonyl (C=O) groups is 1. The van der Waals surface area contributed by atoms with Crippen LogP contribution in [-0.2, 0) is 14.8 Å². The van der Waals surface area contributed by atoms with Crippen LogP contribution in [0.2, 0.25) is 0 Å². The smallest absolute Gasteiger partial charge is 0.338 e. The third-order valence-electron chi connectivity index (χ3n) is 2.81. The molecule has 0 aliphatic rings. The second kappa shape index (κ2) is 5.92. The number of hydrogen-bond acceptors (Lipinski definition) is 4. The molecule has 0 atom stereocenters. The molecule has 6 nitrogen and oxygen atoms in total. The van der Waals surface area contributed by atoms with Crippen molar-refractivity contribution in [3.8, 4) is 0 Å². The lowest BCUT2D eigenvalue weighted by Crippen LogP contribution is -2.47. The first-order valence-electron chi connectivity index (χ1n) is 6.11. The molecule has 0 amide bonds. The largest absolute Gasteiger partial charge is 0.465 e. The first-order chi connectivity index (χ1) is 9.92. The molecule has 0 fully saturated rings. The van der Waals surface area contributed by atoms with Crippen molar-refractivity contribution in [1.29, 1.82) is 0 Å². The minimum Gasteiger partial charge on any atom is -0.465 e. The van der Waals surface area contributed by atoms with Crippen molar-refractivity contribution in [3.05, 3.63) is 59.9 Å². The molecule has 0 radical (unpaired) electrons. The normalized spacial score (nSPS) is 11.0. The average molecular weight is 307 g/mol. The van der Waals surface area contributed by atoms with Crippen LogP contribution in [0.25, 0.3) is 0 Å². The van der Waals surface area contributed by atoms with Gasteiger partial charge in [-0.3, -0.25) is 0 Å². The Balaban J connectivity index is 2.20. The van der Waals surface area contributed by atoms with Crippen LogP contribution in [0.15, 0.2) is 53.7 Å². The third kappa shape index (κ3) is 3.57. The highest BCUT2D eigenvalue weighted by atomic mass is 32.2. The second-order valence-corrected chi connectivity index (χ2v) is 6.05. The standard InChI is InChI=1S/C14H14N2O4S/c1-11-3-5-13(6-4-11)21(18,19)15-16-9-7-12(8-10-16)14(17)20-2/h3-10H,1-2H3/p+1. The van der Waals surface area contributed by atoms with Gasteiger partial charge in [0.25, 0.3) is 0 Å². The fourth-order valence-electron chi connectivity index (χ4n) is 1.65. The molecule has 0 aliphatic heterocycles. The summed E-state index contributed by atoms with van der Waals surface area (Å²) in [6.45, 7) is 1.88. The van der Waals surface area contributed by atoms with Gasteiger partial charge in [0.1, 0.15) is 0 Å². The Bertz CT molecular complexity index is 738. The number of aryl methyl sites for hydroxylation is 1. The Labute approximate surface area is 123 Å². The average Bonchev–Trinajstić information content (AvgIpc) is 2.47. The molecule has 21 heavy (non-hydrogen) atoms. The highest BCUT2D eigenvalue weighted by Crippen LogP contribution is 2.09. The second-order valence-electron chi connectivity index (χ2n) is 4.39. The quantitative estimate of drug-likeness (QED) is 0.675. The number of benzene rings is 1. The van der Waals surface area contributed by atoms with Crippen molar-refractivity contribution in [3.63, 3.8) is 0 Å². The minimum atomic E-state index is -3.67. The van der Waals surface area contributed by atoms with Gasteiger partial charge in [0.2, 0.25) is 12.4 Å². The molecular formula is C14H15N2O4S+. The molecule has 0 saturated heterocycles. The van der Waals surface area contributed by atoms with Crippen molar-refractivity contribution >= 4 is 16.0 Å². The van der Waals surface area contributed by atoms with E-state index in [1.54, 1.807) is 12.1 Å². The van der Waals surface area contributed by atoms with E-state index in [4.69, 9.17) is 0 Å². The molecule has 2 rings (SSSR count). The predicted molar refractivity (Wildman–Crippen MR) is 75.7 cm³/mol. The van der Waals surface area contributed by atoms with Gasteiger partial charge >= 0.3 is 16.0 Å². The molecule has 0 unspecified atom stereocenters. The van der Waals surface area contributed by atoms with Gasteiger partial charge in [-0.15, -0.1) is 0 Å². The number of nitrogens with one attached hydrogen (secondary N) is 1. The SMILES string of the molecule is COC(=O)c1cc[n+](NS(=O)(=O)c2ccc(C)cc2)cc1. The summed E-state index contributed by atoms with van der Waals surface area (Å²) in [6.07, 6.45) is 2.86. The van der Waals surface area contributed by atoms with E-state index in [9.17, 15) is 13.2 Å². The monoisotopic (exact) mass is 307 g/mol. The molecule has 1 N–H and O–H groups in total. The number of ether oxygens (including phenoxy) is 1. The number of esters is 1. The molecule has 0 aliphatic carbocycles. The molecule has 1 aromatic heterocycles. The topological polar surface area (TPSA) is 76.3 Å². The predicted octanol–water partition coefficient (Wildman–Crippen LogP) is 1.00. The number of carbonyl (C=O) groups excluding carboxylic acids is 1. The minimum absolute atomic E-state index is 0.164. The maximum atomic E-state index is 12.2. The zero-order valence-corrected chi connectivity index (χ0v) is 12.4. The van der Waals surface area contributed by atoms with Crippen LogP contribution in [0, 0.1) is 6.92 Å². The number of nitrogens with zero attached hydrogens (tertiary/aromatic N) is 1. The van der Waals surface area contributed by atoms with E-state index in [1.165, 1.54) is 48.4 Å². The summed E-state index contributed by atoms with van der Waals surface area (Å²) in [6, 6.07) is 9.42. The van der Waals surface area contributed by atoms with Crippen molar-refractivity contribution in [2.75, 3.05) is 11.9 Å². The van der Waals surface area contributed by atoms with Crippen LogP contribution in [-0.4, -0.2) is 21.5 Å². The van der Waals surface area contributed by atoms with Gasteiger partial charge in [0, 0.05) is 12.1 Å². The zero-order chi connectivity index (χ0) is 15.5. The molecule has 2 aromatic rings. The Kier molecular flexibility index (Phi) is 4.23. The molecule has 0 saturated carbocycles. The number of hydrogen-bond donors (Lipinski definition) is 1. The fraction of sp³-hybridized carbons (Fsp3) is 0.143. The van der Waals surface area contributed by atoms with Gasteiger partial charge in [0.05, 0.1) is 17.6 Å². The van der Waals surface area contributed by atoms with E-state index < -0.39 is 16.0 Å². The van der Waals surface area contributed by atoms with Crippen LogP contribution >= 0.6 is 0 Å². The summed E-state index contributed by atoms with van der Waals surface area (Å²) < 4.78 is 30.2. The van der Waals surface area contributed by atoms with Crippen LogP contribution < -0.4 is 9.51 Å². The van der Waals surface area contributed by atoms with Crippen LogP contribution in [0.1, 0.15) is 15.9 Å². The maximum absolute atomic E-state index is 12.2. The van der Waals surface area contributed by atoms with Crippen molar-refractivity contribution < 1.29 is 22.6 Å². The highest BCUT2D eigenvalue weighted by molar-refractivity contribution is 7.92. The Morgan fingerprint density at radius 1 is 1.10 bits per heavy atom. The van der Waals surface area contributed by atoms with Crippen LogP contribution in [0.3, 0.4) is 0 Å². The Hall–Kier alpha value is -2.41. The van der Waals surface area contributed by atoms with Crippen LogP contribution in [0.5, 0.6) is 0 Å². The molecule has 1 aromatic carbocycles. The van der Waals surface area contributed by atoms with Crippen molar-refractivity contribution in [1.82, 2.24) is 0 Å². The van der Waals surface area contributed by atoms with E-state index in [1.807, 2.05) is 6.92 Å².